The van der Waals surface area contributed by atoms with E-state index in [1.807, 2.05) is 52.0 Å². The van der Waals surface area contributed by atoms with Crippen LogP contribution in [-0.2, 0) is 46.4 Å². The van der Waals surface area contributed by atoms with Crippen molar-refractivity contribution >= 4 is 21.5 Å². The highest BCUT2D eigenvalue weighted by Crippen LogP contribution is 2.48. The Bertz CT molecular complexity index is 1580. The van der Waals surface area contributed by atoms with Crippen molar-refractivity contribution in [2.45, 2.75) is 82.7 Å². The van der Waals surface area contributed by atoms with Crippen LogP contribution in [0.1, 0.15) is 38.8 Å². The Kier molecular flexibility index (Phi) is 7.10. The summed E-state index contributed by atoms with van der Waals surface area (Å²) >= 11 is 0. The molecule has 4 aromatic rings. The number of benzene rings is 4. The first kappa shape index (κ1) is 27.9. The minimum atomic E-state index is -1.02. The average Bonchev–Trinajstić information content (AvgIpc) is 3.58. The maximum Gasteiger partial charge on any atom is 0.190 e. The molecule has 3 aliphatic heterocycles. The van der Waals surface area contributed by atoms with Gasteiger partial charge in [0.25, 0.3) is 0 Å². The second kappa shape index (κ2) is 10.7. The van der Waals surface area contributed by atoms with Gasteiger partial charge in [0.2, 0.25) is 0 Å². The zero-order valence-electron chi connectivity index (χ0n) is 24.6. The SMILES string of the molecule is CC1(C)OCC([C@]2(COCc3ccc4ccccc4c3)O[C@@H]3OC(C)(C)O[C@@H]3[C@@H]2OCc2ccc3ccccc3c2)O1. The quantitative estimate of drug-likeness (QED) is 0.240. The minimum Gasteiger partial charge on any atom is -0.374 e. The van der Waals surface area contributed by atoms with Gasteiger partial charge in [-0.25, -0.2) is 0 Å². The lowest BCUT2D eigenvalue weighted by molar-refractivity contribution is -0.281. The Morgan fingerprint density at radius 3 is 1.90 bits per heavy atom. The van der Waals surface area contributed by atoms with Gasteiger partial charge in [-0.1, -0.05) is 72.8 Å². The van der Waals surface area contributed by atoms with Crippen LogP contribution in [0.5, 0.6) is 0 Å². The lowest BCUT2D eigenvalue weighted by Crippen LogP contribution is -2.58. The van der Waals surface area contributed by atoms with Crippen molar-refractivity contribution in [3.05, 3.63) is 96.1 Å². The molecule has 0 radical (unpaired) electrons. The van der Waals surface area contributed by atoms with Crippen LogP contribution < -0.4 is 0 Å². The third-order valence-corrected chi connectivity index (χ3v) is 8.41. The van der Waals surface area contributed by atoms with Crippen LogP contribution in [0.25, 0.3) is 21.5 Å². The highest BCUT2D eigenvalue weighted by Gasteiger charge is 2.67. The molecule has 3 saturated heterocycles. The molecule has 0 aromatic heterocycles. The molecule has 3 aliphatic rings. The lowest BCUT2D eigenvalue weighted by Gasteiger charge is -2.40. The highest BCUT2D eigenvalue weighted by atomic mass is 16.9. The van der Waals surface area contributed by atoms with E-state index >= 15 is 0 Å². The van der Waals surface area contributed by atoms with Gasteiger partial charge in [0, 0.05) is 0 Å². The Hall–Kier alpha value is -2.88. The van der Waals surface area contributed by atoms with Gasteiger partial charge in [0.15, 0.2) is 23.5 Å². The molecule has 0 aliphatic carbocycles. The molecule has 1 unspecified atom stereocenters. The van der Waals surface area contributed by atoms with Crippen LogP contribution in [0.15, 0.2) is 84.9 Å². The molecule has 7 heteroatoms. The Labute approximate surface area is 246 Å². The number of ether oxygens (including phenoxy) is 7. The van der Waals surface area contributed by atoms with Crippen LogP contribution in [0.4, 0.5) is 0 Å². The smallest absolute Gasteiger partial charge is 0.190 e. The van der Waals surface area contributed by atoms with Gasteiger partial charge in [-0.05, 0) is 72.5 Å². The van der Waals surface area contributed by atoms with Crippen LogP contribution in [-0.4, -0.2) is 55.0 Å². The Morgan fingerprint density at radius 1 is 0.667 bits per heavy atom. The zero-order valence-corrected chi connectivity index (χ0v) is 24.6. The summed E-state index contributed by atoms with van der Waals surface area (Å²) in [5.74, 6) is -1.56. The predicted molar refractivity (Wildman–Crippen MR) is 159 cm³/mol. The average molecular weight is 571 g/mol. The van der Waals surface area contributed by atoms with Gasteiger partial charge in [0.05, 0.1) is 26.4 Å². The molecule has 0 amide bonds. The minimum absolute atomic E-state index is 0.215. The molecular weight excluding hydrogens is 532 g/mol. The number of fused-ring (bicyclic) bond motifs is 3. The van der Waals surface area contributed by atoms with Gasteiger partial charge in [0.1, 0.15) is 18.3 Å². The van der Waals surface area contributed by atoms with Crippen molar-refractivity contribution in [1.82, 2.24) is 0 Å². The third-order valence-electron chi connectivity index (χ3n) is 8.41. The molecule has 3 fully saturated rings. The Morgan fingerprint density at radius 2 is 1.29 bits per heavy atom. The molecule has 3 heterocycles. The summed E-state index contributed by atoms with van der Waals surface area (Å²) in [4.78, 5) is 0. The topological polar surface area (TPSA) is 64.6 Å². The zero-order chi connectivity index (χ0) is 29.0. The summed E-state index contributed by atoms with van der Waals surface area (Å²) in [6, 6.07) is 29.4. The molecular formula is C35H38O7. The molecule has 0 saturated carbocycles. The lowest BCUT2D eigenvalue weighted by atomic mass is 9.89. The van der Waals surface area contributed by atoms with Crippen LogP contribution in [0, 0.1) is 0 Å². The third kappa shape index (κ3) is 5.35. The Balaban J connectivity index is 1.17. The van der Waals surface area contributed by atoms with Crippen LogP contribution >= 0.6 is 0 Å². The van der Waals surface area contributed by atoms with Gasteiger partial charge in [-0.15, -0.1) is 0 Å². The number of rotatable bonds is 8. The second-order valence-corrected chi connectivity index (χ2v) is 12.4. The van der Waals surface area contributed by atoms with Crippen molar-refractivity contribution in [3.63, 3.8) is 0 Å². The van der Waals surface area contributed by atoms with E-state index < -0.39 is 41.8 Å². The molecule has 4 aromatic carbocycles. The van der Waals surface area contributed by atoms with Crippen molar-refractivity contribution in [3.8, 4) is 0 Å². The van der Waals surface area contributed by atoms with Gasteiger partial charge >= 0.3 is 0 Å². The van der Waals surface area contributed by atoms with E-state index in [1.165, 1.54) is 21.5 Å². The molecule has 0 N–H and O–H groups in total. The molecule has 220 valence electrons. The van der Waals surface area contributed by atoms with Crippen LogP contribution in [0.3, 0.4) is 0 Å². The second-order valence-electron chi connectivity index (χ2n) is 12.4. The maximum atomic E-state index is 6.76. The van der Waals surface area contributed by atoms with Gasteiger partial charge in [-0.3, -0.25) is 0 Å². The maximum absolute atomic E-state index is 6.76. The molecule has 0 bridgehead atoms. The normalized spacial score (nSPS) is 29.8. The van der Waals surface area contributed by atoms with Crippen molar-refractivity contribution in [1.29, 1.82) is 0 Å². The first-order valence-electron chi connectivity index (χ1n) is 14.7. The van der Waals surface area contributed by atoms with Crippen molar-refractivity contribution in [2.75, 3.05) is 13.2 Å². The van der Waals surface area contributed by atoms with E-state index in [0.717, 1.165) is 11.1 Å². The van der Waals surface area contributed by atoms with Crippen molar-refractivity contribution in [2.24, 2.45) is 0 Å². The predicted octanol–water partition coefficient (Wildman–Crippen LogP) is 6.49. The molecule has 7 nitrogen and oxygen atoms in total. The summed E-state index contributed by atoms with van der Waals surface area (Å²) in [7, 11) is 0. The van der Waals surface area contributed by atoms with E-state index in [9.17, 15) is 0 Å². The summed E-state index contributed by atoms with van der Waals surface area (Å²) in [6.45, 7) is 8.94. The summed E-state index contributed by atoms with van der Waals surface area (Å²) in [5.41, 5.74) is 1.12. The fourth-order valence-electron chi connectivity index (χ4n) is 6.42. The molecule has 0 spiro atoms. The standard InChI is InChI=1S/C35H38O7/c1-33(2)38-21-29(39-33)35(22-36-19-23-13-15-25-9-5-7-11-27(25)17-23)31(30-32(42-35)41-34(3,4)40-30)37-20-24-14-16-26-10-6-8-12-28(26)18-24/h5-18,29-32H,19-22H2,1-4H3/t29?,30-,31+,32+,35+/m1/s1. The molecule has 42 heavy (non-hydrogen) atoms. The van der Waals surface area contributed by atoms with Crippen molar-refractivity contribution < 1.29 is 33.2 Å². The first-order chi connectivity index (χ1) is 20.2. The summed E-state index contributed by atoms with van der Waals surface area (Å²) in [5, 5.41) is 4.73. The van der Waals surface area contributed by atoms with E-state index in [0.29, 0.717) is 19.8 Å². The van der Waals surface area contributed by atoms with Gasteiger partial charge in [-0.2, -0.15) is 0 Å². The fourth-order valence-corrected chi connectivity index (χ4v) is 6.42. The number of hydrogen-bond acceptors (Lipinski definition) is 7. The highest BCUT2D eigenvalue weighted by molar-refractivity contribution is 5.83. The van der Waals surface area contributed by atoms with Gasteiger partial charge < -0.3 is 33.2 Å². The first-order valence-corrected chi connectivity index (χ1v) is 14.7. The van der Waals surface area contributed by atoms with E-state index in [4.69, 9.17) is 33.2 Å². The largest absolute Gasteiger partial charge is 0.374 e. The van der Waals surface area contributed by atoms with Crippen LogP contribution in [0.2, 0.25) is 0 Å². The molecule has 5 atom stereocenters. The summed E-state index contributed by atoms with van der Waals surface area (Å²) in [6.07, 6.45) is -2.07. The number of hydrogen-bond donors (Lipinski definition) is 0. The summed E-state index contributed by atoms with van der Waals surface area (Å²) < 4.78 is 45.0. The van der Waals surface area contributed by atoms with E-state index in [1.54, 1.807) is 0 Å². The molecule has 7 rings (SSSR count). The monoisotopic (exact) mass is 570 g/mol. The van der Waals surface area contributed by atoms with E-state index in [-0.39, 0.29) is 6.61 Å². The van der Waals surface area contributed by atoms with E-state index in [2.05, 4.69) is 60.7 Å². The fraction of sp³-hybridized carbons (Fsp3) is 0.429.